The van der Waals surface area contributed by atoms with Crippen molar-refractivity contribution in [2.75, 3.05) is 13.2 Å². The van der Waals surface area contributed by atoms with Crippen LogP contribution in [0.15, 0.2) is 24.3 Å². The number of benzene rings is 1. The van der Waals surface area contributed by atoms with E-state index in [1.54, 1.807) is 24.3 Å². The Morgan fingerprint density at radius 3 is 2.29 bits per heavy atom. The number of carbonyl (C=O) groups excluding carboxylic acids is 3. The molecule has 1 atom stereocenters. The summed E-state index contributed by atoms with van der Waals surface area (Å²) in [5.41, 5.74) is 0.735. The van der Waals surface area contributed by atoms with Gasteiger partial charge in [0.15, 0.2) is 0 Å². The fourth-order valence-corrected chi connectivity index (χ4v) is 4.05. The van der Waals surface area contributed by atoms with Crippen LogP contribution >= 0.6 is 0 Å². The van der Waals surface area contributed by atoms with E-state index in [0.29, 0.717) is 30.4 Å². The van der Waals surface area contributed by atoms with E-state index in [2.05, 4.69) is 5.32 Å². The third kappa shape index (κ3) is 4.43. The van der Waals surface area contributed by atoms with E-state index in [9.17, 15) is 14.4 Å². The summed E-state index contributed by atoms with van der Waals surface area (Å²) in [5, 5.41) is 2.88. The summed E-state index contributed by atoms with van der Waals surface area (Å²) in [6, 6.07) is 5.90. The van der Waals surface area contributed by atoms with Gasteiger partial charge >= 0.3 is 0 Å². The van der Waals surface area contributed by atoms with Crippen molar-refractivity contribution in [1.82, 2.24) is 10.2 Å². The minimum atomic E-state index is -0.813. The molecule has 3 rings (SSSR count). The monoisotopic (exact) mass is 386 g/mol. The Morgan fingerprint density at radius 2 is 1.71 bits per heavy atom. The maximum Gasteiger partial charge on any atom is 0.262 e. The highest BCUT2D eigenvalue weighted by molar-refractivity contribution is 6.22. The summed E-state index contributed by atoms with van der Waals surface area (Å²) in [4.78, 5) is 39.3. The van der Waals surface area contributed by atoms with Gasteiger partial charge in [0.05, 0.1) is 17.2 Å². The molecule has 0 unspecified atom stereocenters. The van der Waals surface area contributed by atoms with Gasteiger partial charge < -0.3 is 10.1 Å². The summed E-state index contributed by atoms with van der Waals surface area (Å²) in [6.07, 6.45) is 7.09. The molecular weight excluding hydrogens is 356 g/mol. The van der Waals surface area contributed by atoms with Crippen LogP contribution in [0.1, 0.15) is 73.1 Å². The van der Waals surface area contributed by atoms with Crippen molar-refractivity contribution in [2.24, 2.45) is 5.92 Å². The number of carbonyl (C=O) groups is 3. The van der Waals surface area contributed by atoms with Gasteiger partial charge in [0.25, 0.3) is 11.8 Å². The Kier molecular flexibility index (Phi) is 6.83. The predicted molar refractivity (Wildman–Crippen MR) is 106 cm³/mol. The summed E-state index contributed by atoms with van der Waals surface area (Å²) in [7, 11) is 0. The second kappa shape index (κ2) is 9.32. The van der Waals surface area contributed by atoms with E-state index in [1.165, 1.54) is 19.3 Å². The van der Waals surface area contributed by atoms with Crippen LogP contribution in [-0.2, 0) is 9.53 Å². The van der Waals surface area contributed by atoms with Gasteiger partial charge in [0.2, 0.25) is 5.91 Å². The highest BCUT2D eigenvalue weighted by Crippen LogP contribution is 2.27. The third-order valence-electron chi connectivity index (χ3n) is 5.53. The standard InChI is InChI=1S/C22H30N2O4/c1-15(2)19(24-21(26)17-11-6-7-12-18(17)22(24)27)20(25)23-13-8-14-28-16-9-4-3-5-10-16/h6-7,11-12,15-16,19H,3-5,8-10,13-14H2,1-2H3,(H,23,25)/t19-/m0/s1. The van der Waals surface area contributed by atoms with Gasteiger partial charge in [-0.25, -0.2) is 0 Å². The van der Waals surface area contributed by atoms with Crippen LogP contribution in [-0.4, -0.2) is 47.9 Å². The van der Waals surface area contributed by atoms with Crippen molar-refractivity contribution in [3.63, 3.8) is 0 Å². The minimum absolute atomic E-state index is 0.180. The Labute approximate surface area is 166 Å². The van der Waals surface area contributed by atoms with Crippen LogP contribution < -0.4 is 5.32 Å². The molecule has 6 nitrogen and oxygen atoms in total. The lowest BCUT2D eigenvalue weighted by molar-refractivity contribution is -0.126. The van der Waals surface area contributed by atoms with Crippen LogP contribution in [0.5, 0.6) is 0 Å². The quantitative estimate of drug-likeness (QED) is 0.550. The van der Waals surface area contributed by atoms with E-state index in [4.69, 9.17) is 4.74 Å². The van der Waals surface area contributed by atoms with Gasteiger partial charge in [-0.2, -0.15) is 0 Å². The lowest BCUT2D eigenvalue weighted by Crippen LogP contribution is -2.52. The molecule has 6 heteroatoms. The first kappa shape index (κ1) is 20.5. The fraction of sp³-hybridized carbons (Fsp3) is 0.591. The number of amides is 3. The summed E-state index contributed by atoms with van der Waals surface area (Å²) in [6.45, 7) is 4.78. The number of hydrogen-bond donors (Lipinski definition) is 1. The van der Waals surface area contributed by atoms with Crippen LogP contribution in [0.2, 0.25) is 0 Å². The normalized spacial score (nSPS) is 18.5. The van der Waals surface area contributed by atoms with Gasteiger partial charge in [-0.3, -0.25) is 19.3 Å². The molecule has 0 aromatic heterocycles. The molecule has 1 N–H and O–H groups in total. The van der Waals surface area contributed by atoms with Crippen LogP contribution in [0.3, 0.4) is 0 Å². The summed E-state index contributed by atoms with van der Waals surface area (Å²) in [5.74, 6) is -1.26. The Bertz CT molecular complexity index is 690. The molecule has 2 aliphatic rings. The number of fused-ring (bicyclic) bond motifs is 1. The zero-order valence-corrected chi connectivity index (χ0v) is 16.8. The van der Waals surface area contributed by atoms with Gasteiger partial charge in [0, 0.05) is 13.2 Å². The SMILES string of the molecule is CC(C)[C@@H](C(=O)NCCCOC1CCCCC1)N1C(=O)c2ccccc2C1=O. The topological polar surface area (TPSA) is 75.7 Å². The first-order valence-electron chi connectivity index (χ1n) is 10.4. The first-order valence-corrected chi connectivity index (χ1v) is 10.4. The largest absolute Gasteiger partial charge is 0.378 e. The number of imide groups is 1. The van der Waals surface area contributed by atoms with Crippen molar-refractivity contribution in [3.8, 4) is 0 Å². The maximum atomic E-state index is 12.8. The number of ether oxygens (including phenoxy) is 1. The van der Waals surface area contributed by atoms with Gasteiger partial charge in [-0.1, -0.05) is 45.2 Å². The molecule has 0 saturated heterocycles. The van der Waals surface area contributed by atoms with E-state index >= 15 is 0 Å². The minimum Gasteiger partial charge on any atom is -0.378 e. The second-order valence-corrected chi connectivity index (χ2v) is 7.99. The molecule has 152 valence electrons. The first-order chi connectivity index (χ1) is 13.5. The lowest BCUT2D eigenvalue weighted by atomic mass is 9.98. The van der Waals surface area contributed by atoms with E-state index in [0.717, 1.165) is 24.2 Å². The molecule has 1 aromatic carbocycles. The molecule has 3 amide bonds. The van der Waals surface area contributed by atoms with Crippen molar-refractivity contribution < 1.29 is 19.1 Å². The Morgan fingerprint density at radius 1 is 1.11 bits per heavy atom. The van der Waals surface area contributed by atoms with E-state index < -0.39 is 17.9 Å². The second-order valence-electron chi connectivity index (χ2n) is 7.99. The molecule has 1 saturated carbocycles. The maximum absolute atomic E-state index is 12.8. The lowest BCUT2D eigenvalue weighted by Gasteiger charge is -2.28. The van der Waals surface area contributed by atoms with Crippen LogP contribution in [0, 0.1) is 5.92 Å². The molecule has 1 aliphatic carbocycles. The molecule has 0 radical (unpaired) electrons. The Balaban J connectivity index is 1.53. The van der Waals surface area contributed by atoms with Crippen molar-refractivity contribution >= 4 is 17.7 Å². The number of hydrogen-bond acceptors (Lipinski definition) is 4. The van der Waals surface area contributed by atoms with E-state index in [1.807, 2.05) is 13.8 Å². The molecule has 0 spiro atoms. The van der Waals surface area contributed by atoms with Crippen molar-refractivity contribution in [3.05, 3.63) is 35.4 Å². The van der Waals surface area contributed by atoms with Crippen LogP contribution in [0.25, 0.3) is 0 Å². The smallest absolute Gasteiger partial charge is 0.262 e. The molecule has 0 bridgehead atoms. The number of nitrogens with zero attached hydrogens (tertiary/aromatic N) is 1. The zero-order chi connectivity index (χ0) is 20.1. The fourth-order valence-electron chi connectivity index (χ4n) is 4.05. The third-order valence-corrected chi connectivity index (χ3v) is 5.53. The number of nitrogens with one attached hydrogen (secondary N) is 1. The zero-order valence-electron chi connectivity index (χ0n) is 16.8. The average molecular weight is 386 g/mol. The molecule has 1 heterocycles. The molecule has 1 fully saturated rings. The number of rotatable bonds is 8. The van der Waals surface area contributed by atoms with Crippen LogP contribution in [0.4, 0.5) is 0 Å². The highest BCUT2D eigenvalue weighted by Gasteiger charge is 2.43. The molecular formula is C22H30N2O4. The predicted octanol–water partition coefficient (Wildman–Crippen LogP) is 3.16. The van der Waals surface area contributed by atoms with E-state index in [-0.39, 0.29) is 11.8 Å². The molecule has 1 aliphatic heterocycles. The summed E-state index contributed by atoms with van der Waals surface area (Å²) >= 11 is 0. The molecule has 1 aromatic rings. The van der Waals surface area contributed by atoms with Crippen molar-refractivity contribution in [1.29, 1.82) is 0 Å². The van der Waals surface area contributed by atoms with Gasteiger partial charge in [0.1, 0.15) is 6.04 Å². The molecule has 28 heavy (non-hydrogen) atoms. The highest BCUT2D eigenvalue weighted by atomic mass is 16.5. The van der Waals surface area contributed by atoms with Crippen molar-refractivity contribution in [2.45, 2.75) is 64.5 Å². The average Bonchev–Trinajstić information content (AvgIpc) is 2.94. The van der Waals surface area contributed by atoms with Gasteiger partial charge in [-0.15, -0.1) is 0 Å². The Hall–Kier alpha value is -2.21. The summed E-state index contributed by atoms with van der Waals surface area (Å²) < 4.78 is 5.88. The van der Waals surface area contributed by atoms with Gasteiger partial charge in [-0.05, 0) is 37.3 Å².